The first kappa shape index (κ1) is 22.7. The maximum absolute atomic E-state index is 10.7. The molecule has 0 saturated heterocycles. The Balaban J connectivity index is 3.42. The molecule has 0 aromatic carbocycles. The van der Waals surface area contributed by atoms with E-state index in [1.165, 1.54) is 6.08 Å². The van der Waals surface area contributed by atoms with E-state index in [1.807, 2.05) is 19.1 Å². The smallest absolute Gasteiger partial charge is 0.328 e. The fraction of sp³-hybridized carbons (Fsp3) is 0.478. The number of hydrogen-bond acceptors (Lipinski definition) is 3. The first-order valence-corrected chi connectivity index (χ1v) is 9.61. The quantitative estimate of drug-likeness (QED) is 0.420. The molecule has 0 atom stereocenters. The van der Waals surface area contributed by atoms with Gasteiger partial charge in [-0.25, -0.2) is 4.79 Å². The molecule has 1 aromatic heterocycles. The number of aromatic nitrogens is 1. The normalized spacial score (nSPS) is 13.1. The summed E-state index contributed by atoms with van der Waals surface area (Å²) in [5.41, 5.74) is 4.84. The topological polar surface area (TPSA) is 59.4 Å². The van der Waals surface area contributed by atoms with Gasteiger partial charge in [0.05, 0.1) is 12.3 Å². The van der Waals surface area contributed by atoms with Crippen LogP contribution in [0.5, 0.6) is 5.75 Å². The van der Waals surface area contributed by atoms with Gasteiger partial charge in [-0.1, -0.05) is 52.8 Å². The van der Waals surface area contributed by atoms with E-state index in [0.717, 1.165) is 34.7 Å². The number of allylic oxidation sites excluding steroid dienone is 5. The number of carboxylic acid groups (broad SMARTS) is 1. The molecule has 0 saturated carbocycles. The Hall–Kier alpha value is -2.36. The van der Waals surface area contributed by atoms with Gasteiger partial charge < -0.3 is 9.84 Å². The average molecular weight is 372 g/mol. The van der Waals surface area contributed by atoms with Crippen LogP contribution in [0.2, 0.25) is 0 Å². The summed E-state index contributed by atoms with van der Waals surface area (Å²) in [7, 11) is 0. The molecule has 0 fully saturated rings. The third kappa shape index (κ3) is 7.05. The van der Waals surface area contributed by atoms with Crippen LogP contribution < -0.4 is 4.74 Å². The highest BCUT2D eigenvalue weighted by Gasteiger charge is 2.18. The van der Waals surface area contributed by atoms with Crippen molar-refractivity contribution in [2.24, 2.45) is 0 Å². The zero-order valence-corrected chi connectivity index (χ0v) is 17.7. The van der Waals surface area contributed by atoms with Gasteiger partial charge in [-0.15, -0.1) is 0 Å². The van der Waals surface area contributed by atoms with Crippen molar-refractivity contribution in [3.63, 3.8) is 0 Å². The minimum atomic E-state index is -0.939. The molecule has 0 spiro atoms. The molecule has 0 unspecified atom stereocenters. The van der Waals surface area contributed by atoms with E-state index < -0.39 is 5.97 Å². The second-order valence-corrected chi connectivity index (χ2v) is 7.40. The van der Waals surface area contributed by atoms with E-state index in [9.17, 15) is 4.79 Å². The van der Waals surface area contributed by atoms with Crippen molar-refractivity contribution in [3.05, 3.63) is 52.9 Å². The van der Waals surface area contributed by atoms with Crippen LogP contribution in [0, 0.1) is 0 Å². The first-order valence-electron chi connectivity index (χ1n) is 9.61. The predicted molar refractivity (Wildman–Crippen MR) is 112 cm³/mol. The Labute approximate surface area is 163 Å². The Bertz CT molecular complexity index is 740. The lowest BCUT2D eigenvalue weighted by atomic mass is 9.97. The van der Waals surface area contributed by atoms with Gasteiger partial charge in [0.15, 0.2) is 0 Å². The number of ether oxygens (including phenoxy) is 1. The van der Waals surface area contributed by atoms with Gasteiger partial charge in [0, 0.05) is 17.3 Å². The molecule has 0 amide bonds. The lowest BCUT2D eigenvalue weighted by Gasteiger charge is -2.20. The second-order valence-electron chi connectivity index (χ2n) is 7.40. The highest BCUT2D eigenvalue weighted by molar-refractivity contribution is 5.81. The van der Waals surface area contributed by atoms with E-state index in [1.54, 1.807) is 13.0 Å². The highest BCUT2D eigenvalue weighted by atomic mass is 16.5. The summed E-state index contributed by atoms with van der Waals surface area (Å²) in [5, 5.41) is 8.81. The minimum absolute atomic E-state index is 0.262. The maximum atomic E-state index is 10.7. The minimum Gasteiger partial charge on any atom is -0.491 e. The number of rotatable bonds is 9. The molecule has 1 N–H and O–H groups in total. The first-order chi connectivity index (χ1) is 12.7. The summed E-state index contributed by atoms with van der Waals surface area (Å²) in [6.45, 7) is 15.1. The molecule has 0 aliphatic rings. The predicted octanol–water partition coefficient (Wildman–Crippen LogP) is 6.11. The Morgan fingerprint density at radius 1 is 1.22 bits per heavy atom. The van der Waals surface area contributed by atoms with Crippen molar-refractivity contribution < 1.29 is 14.6 Å². The fourth-order valence-corrected chi connectivity index (χ4v) is 2.59. The maximum Gasteiger partial charge on any atom is 0.328 e. The molecule has 0 radical (unpaired) electrons. The van der Waals surface area contributed by atoms with Crippen molar-refractivity contribution in [1.29, 1.82) is 0 Å². The number of pyridine rings is 1. The third-order valence-corrected chi connectivity index (χ3v) is 4.09. The lowest BCUT2D eigenvalue weighted by molar-refractivity contribution is -0.131. The molecule has 27 heavy (non-hydrogen) atoms. The Morgan fingerprint density at radius 3 is 2.41 bits per heavy atom. The summed E-state index contributed by atoms with van der Waals surface area (Å²) in [4.78, 5) is 15.6. The zero-order valence-electron chi connectivity index (χ0n) is 17.7. The van der Waals surface area contributed by atoms with Crippen LogP contribution in [-0.4, -0.2) is 22.7 Å². The van der Waals surface area contributed by atoms with Crippen molar-refractivity contribution in [3.8, 4) is 5.75 Å². The summed E-state index contributed by atoms with van der Waals surface area (Å²) >= 11 is 0. The number of carboxylic acids is 1. The summed E-state index contributed by atoms with van der Waals surface area (Å²) in [6.07, 6.45) is 7.78. The monoisotopic (exact) mass is 371 g/mol. The van der Waals surface area contributed by atoms with Crippen molar-refractivity contribution in [1.82, 2.24) is 4.98 Å². The Morgan fingerprint density at radius 2 is 1.89 bits per heavy atom. The molecule has 1 heterocycles. The van der Waals surface area contributed by atoms with Crippen molar-refractivity contribution in [2.45, 2.75) is 66.7 Å². The third-order valence-electron chi connectivity index (χ3n) is 4.09. The number of aliphatic carboxylic acids is 1. The molecule has 0 aliphatic heterocycles. The number of carbonyl (C=O) groups is 1. The highest BCUT2D eigenvalue weighted by Crippen LogP contribution is 2.35. The van der Waals surface area contributed by atoms with Crippen molar-refractivity contribution in [2.75, 3.05) is 6.61 Å². The van der Waals surface area contributed by atoms with Gasteiger partial charge in [-0.05, 0) is 49.3 Å². The molecule has 1 aromatic rings. The molecular formula is C23H33NO3. The molecule has 0 aliphatic carbocycles. The van der Waals surface area contributed by atoms with Gasteiger partial charge in [0.25, 0.3) is 0 Å². The van der Waals surface area contributed by atoms with Crippen molar-refractivity contribution >= 4 is 11.5 Å². The largest absolute Gasteiger partial charge is 0.491 e. The van der Waals surface area contributed by atoms with Crippen LogP contribution in [-0.2, 0) is 4.79 Å². The van der Waals surface area contributed by atoms with Gasteiger partial charge in [-0.2, -0.15) is 0 Å². The summed E-state index contributed by atoms with van der Waals surface area (Å²) in [5.74, 6) is 0.505. The van der Waals surface area contributed by atoms with E-state index in [2.05, 4.69) is 40.7 Å². The molecule has 4 nitrogen and oxygen atoms in total. The summed E-state index contributed by atoms with van der Waals surface area (Å²) < 4.78 is 6.10. The van der Waals surface area contributed by atoms with Crippen LogP contribution in [0.3, 0.4) is 0 Å². The van der Waals surface area contributed by atoms with E-state index >= 15 is 0 Å². The molecule has 0 bridgehead atoms. The van der Waals surface area contributed by atoms with E-state index in [-0.39, 0.29) is 5.92 Å². The van der Waals surface area contributed by atoms with Crippen LogP contribution in [0.1, 0.15) is 83.7 Å². The van der Waals surface area contributed by atoms with Gasteiger partial charge in [-0.3, -0.25) is 4.98 Å². The zero-order chi connectivity index (χ0) is 20.6. The molecule has 1 rings (SSSR count). The van der Waals surface area contributed by atoms with Gasteiger partial charge in [0.2, 0.25) is 0 Å². The number of hydrogen-bond donors (Lipinski definition) is 1. The Kier molecular flexibility index (Phi) is 8.99. The van der Waals surface area contributed by atoms with Crippen LogP contribution in [0.4, 0.5) is 0 Å². The molecule has 4 heteroatoms. The average Bonchev–Trinajstić information content (AvgIpc) is 2.58. The summed E-state index contributed by atoms with van der Waals surface area (Å²) in [6, 6.07) is 2.11. The van der Waals surface area contributed by atoms with Gasteiger partial charge in [0.1, 0.15) is 5.75 Å². The SMILES string of the molecule is CCCOc1c(\C(C)=C/C=C/C(C)=C/C(=O)O)cc(C(C)C)nc1C(C)C. The molecule has 148 valence electrons. The second kappa shape index (κ2) is 10.7. The standard InChI is InChI=1S/C23H33NO3/c1-8-12-27-23-19(14-20(15(2)3)24-22(23)16(4)5)18(7)11-9-10-17(6)13-21(25)26/h9-11,13-16H,8,12H2,1-7H3,(H,25,26)/b10-9+,17-13+,18-11-. The van der Waals surface area contributed by atoms with Crippen LogP contribution >= 0.6 is 0 Å². The van der Waals surface area contributed by atoms with Crippen LogP contribution in [0.15, 0.2) is 35.9 Å². The van der Waals surface area contributed by atoms with Crippen LogP contribution in [0.25, 0.3) is 5.57 Å². The molecular weight excluding hydrogens is 338 g/mol. The lowest BCUT2D eigenvalue weighted by Crippen LogP contribution is -2.08. The van der Waals surface area contributed by atoms with Gasteiger partial charge >= 0.3 is 5.97 Å². The fourth-order valence-electron chi connectivity index (χ4n) is 2.59. The van der Waals surface area contributed by atoms with E-state index in [0.29, 0.717) is 18.1 Å². The number of nitrogens with zero attached hydrogens (tertiary/aromatic N) is 1. The van der Waals surface area contributed by atoms with E-state index in [4.69, 9.17) is 14.8 Å².